The average Bonchev–Trinajstić information content (AvgIpc) is 2.15. The molecule has 1 aromatic heterocycles. The van der Waals surface area contributed by atoms with Gasteiger partial charge in [0, 0.05) is 12.4 Å². The van der Waals surface area contributed by atoms with Gasteiger partial charge < -0.3 is 0 Å². The molecule has 0 atom stereocenters. The lowest BCUT2D eigenvalue weighted by Gasteiger charge is -1.99. The first-order chi connectivity index (χ1) is 6.33. The highest BCUT2D eigenvalue weighted by Gasteiger charge is 1.94. The van der Waals surface area contributed by atoms with Crippen molar-refractivity contribution in [2.24, 2.45) is 0 Å². The molecule has 0 fully saturated rings. The fourth-order valence-corrected chi connectivity index (χ4v) is 1.32. The Balaban J connectivity index is 2.25. The normalized spacial score (nSPS) is 10.3. The monoisotopic (exact) mass is 198 g/mol. The van der Waals surface area contributed by atoms with E-state index in [2.05, 4.69) is 16.9 Å². The molecule has 0 bridgehead atoms. The van der Waals surface area contributed by atoms with Crippen LogP contribution in [0, 0.1) is 0 Å². The van der Waals surface area contributed by atoms with E-state index in [0.717, 1.165) is 6.42 Å². The van der Waals surface area contributed by atoms with Crippen molar-refractivity contribution in [3.05, 3.63) is 23.2 Å². The molecule has 1 aromatic rings. The topological polar surface area (TPSA) is 25.8 Å². The molecule has 0 saturated heterocycles. The van der Waals surface area contributed by atoms with Crippen LogP contribution in [-0.4, -0.2) is 9.97 Å². The fourth-order valence-electron chi connectivity index (χ4n) is 1.22. The van der Waals surface area contributed by atoms with Crippen LogP contribution in [0.2, 0.25) is 5.28 Å². The second kappa shape index (κ2) is 5.92. The Hall–Kier alpha value is -0.630. The first kappa shape index (κ1) is 10.5. The lowest BCUT2D eigenvalue weighted by Crippen LogP contribution is -1.89. The SMILES string of the molecule is CCCCCCc1cnc(Cl)nc1. The van der Waals surface area contributed by atoms with Gasteiger partial charge in [-0.1, -0.05) is 26.2 Å². The molecule has 0 unspecified atom stereocenters. The summed E-state index contributed by atoms with van der Waals surface area (Å²) in [6, 6.07) is 0. The number of unbranched alkanes of at least 4 members (excludes halogenated alkanes) is 3. The maximum absolute atomic E-state index is 5.57. The summed E-state index contributed by atoms with van der Waals surface area (Å²) >= 11 is 5.57. The minimum atomic E-state index is 0.331. The third kappa shape index (κ3) is 4.23. The van der Waals surface area contributed by atoms with Crippen molar-refractivity contribution in [1.82, 2.24) is 9.97 Å². The molecule has 0 aliphatic carbocycles. The smallest absolute Gasteiger partial charge is 0.222 e. The van der Waals surface area contributed by atoms with Crippen LogP contribution in [0.3, 0.4) is 0 Å². The van der Waals surface area contributed by atoms with Gasteiger partial charge >= 0.3 is 0 Å². The molecule has 0 aliphatic rings. The number of aromatic nitrogens is 2. The van der Waals surface area contributed by atoms with E-state index in [4.69, 9.17) is 11.6 Å². The van der Waals surface area contributed by atoms with Crippen molar-refractivity contribution >= 4 is 11.6 Å². The van der Waals surface area contributed by atoms with Crippen molar-refractivity contribution in [2.75, 3.05) is 0 Å². The van der Waals surface area contributed by atoms with Crippen molar-refractivity contribution < 1.29 is 0 Å². The number of hydrogen-bond donors (Lipinski definition) is 0. The summed E-state index contributed by atoms with van der Waals surface area (Å²) in [5, 5.41) is 0.331. The third-order valence-electron chi connectivity index (χ3n) is 1.99. The number of rotatable bonds is 5. The van der Waals surface area contributed by atoms with Crippen LogP contribution in [0.1, 0.15) is 38.2 Å². The van der Waals surface area contributed by atoms with Gasteiger partial charge in [-0.15, -0.1) is 0 Å². The highest BCUT2D eigenvalue weighted by molar-refractivity contribution is 6.28. The quantitative estimate of drug-likeness (QED) is 0.536. The van der Waals surface area contributed by atoms with Crippen LogP contribution < -0.4 is 0 Å². The molecule has 1 heterocycles. The molecule has 0 spiro atoms. The first-order valence-corrected chi connectivity index (χ1v) is 5.17. The Morgan fingerprint density at radius 2 is 1.85 bits per heavy atom. The van der Waals surface area contributed by atoms with Crippen LogP contribution in [0.5, 0.6) is 0 Å². The van der Waals surface area contributed by atoms with Crippen LogP contribution in [0.15, 0.2) is 12.4 Å². The summed E-state index contributed by atoms with van der Waals surface area (Å²) in [5.74, 6) is 0. The average molecular weight is 199 g/mol. The molecule has 0 aliphatic heterocycles. The van der Waals surface area contributed by atoms with E-state index in [-0.39, 0.29) is 0 Å². The zero-order chi connectivity index (χ0) is 9.52. The zero-order valence-electron chi connectivity index (χ0n) is 7.96. The van der Waals surface area contributed by atoms with Crippen molar-refractivity contribution in [2.45, 2.75) is 39.0 Å². The molecule has 13 heavy (non-hydrogen) atoms. The van der Waals surface area contributed by atoms with Gasteiger partial charge in [-0.3, -0.25) is 0 Å². The molecular weight excluding hydrogens is 184 g/mol. The van der Waals surface area contributed by atoms with Gasteiger partial charge in [0.25, 0.3) is 0 Å². The van der Waals surface area contributed by atoms with Crippen LogP contribution in [0.4, 0.5) is 0 Å². The van der Waals surface area contributed by atoms with Gasteiger partial charge in [-0.25, -0.2) is 9.97 Å². The number of aryl methyl sites for hydroxylation is 1. The molecule has 0 radical (unpaired) electrons. The molecule has 0 aromatic carbocycles. The van der Waals surface area contributed by atoms with Gasteiger partial charge in [0.05, 0.1) is 0 Å². The summed E-state index contributed by atoms with van der Waals surface area (Å²) in [6.45, 7) is 2.21. The van der Waals surface area contributed by atoms with Gasteiger partial charge in [-0.2, -0.15) is 0 Å². The van der Waals surface area contributed by atoms with Crippen molar-refractivity contribution in [3.63, 3.8) is 0 Å². The van der Waals surface area contributed by atoms with Crippen LogP contribution in [0.25, 0.3) is 0 Å². The number of nitrogens with zero attached hydrogens (tertiary/aromatic N) is 2. The number of hydrogen-bond acceptors (Lipinski definition) is 2. The summed E-state index contributed by atoms with van der Waals surface area (Å²) in [4.78, 5) is 7.86. The predicted molar refractivity (Wildman–Crippen MR) is 54.9 cm³/mol. The molecule has 0 amide bonds. The molecule has 0 saturated carbocycles. The highest BCUT2D eigenvalue weighted by Crippen LogP contribution is 2.07. The van der Waals surface area contributed by atoms with Gasteiger partial charge in [0.1, 0.15) is 0 Å². The molecule has 2 nitrogen and oxygen atoms in total. The molecular formula is C10H15ClN2. The largest absolute Gasteiger partial charge is 0.226 e. The standard InChI is InChI=1S/C10H15ClN2/c1-2-3-4-5-6-9-7-12-10(11)13-8-9/h7-8H,2-6H2,1H3. The fraction of sp³-hybridized carbons (Fsp3) is 0.600. The van der Waals surface area contributed by atoms with Crippen molar-refractivity contribution in [3.8, 4) is 0 Å². The Bertz CT molecular complexity index is 233. The lowest BCUT2D eigenvalue weighted by molar-refractivity contribution is 0.665. The first-order valence-electron chi connectivity index (χ1n) is 4.79. The van der Waals surface area contributed by atoms with E-state index in [1.54, 1.807) is 12.4 Å². The Morgan fingerprint density at radius 3 is 2.46 bits per heavy atom. The maximum atomic E-state index is 5.57. The third-order valence-corrected chi connectivity index (χ3v) is 2.19. The molecule has 3 heteroatoms. The van der Waals surface area contributed by atoms with E-state index in [9.17, 15) is 0 Å². The second-order valence-corrected chi connectivity index (χ2v) is 3.51. The van der Waals surface area contributed by atoms with E-state index >= 15 is 0 Å². The van der Waals surface area contributed by atoms with Gasteiger partial charge in [-0.05, 0) is 30.0 Å². The van der Waals surface area contributed by atoms with E-state index in [1.165, 1.54) is 31.2 Å². The van der Waals surface area contributed by atoms with Crippen LogP contribution >= 0.6 is 11.6 Å². The molecule has 0 N–H and O–H groups in total. The summed E-state index contributed by atoms with van der Waals surface area (Å²) in [7, 11) is 0. The summed E-state index contributed by atoms with van der Waals surface area (Å²) in [5.41, 5.74) is 1.18. The summed E-state index contributed by atoms with van der Waals surface area (Å²) < 4.78 is 0. The Morgan fingerprint density at radius 1 is 1.15 bits per heavy atom. The van der Waals surface area contributed by atoms with Crippen molar-refractivity contribution in [1.29, 1.82) is 0 Å². The highest BCUT2D eigenvalue weighted by atomic mass is 35.5. The minimum absolute atomic E-state index is 0.331. The van der Waals surface area contributed by atoms with Crippen LogP contribution in [-0.2, 0) is 6.42 Å². The summed E-state index contributed by atoms with van der Waals surface area (Å²) in [6.07, 6.45) is 9.78. The van der Waals surface area contributed by atoms with Gasteiger partial charge in [0.15, 0.2) is 0 Å². The Kier molecular flexibility index (Phi) is 4.76. The maximum Gasteiger partial charge on any atom is 0.222 e. The minimum Gasteiger partial charge on any atom is -0.226 e. The predicted octanol–water partition coefficient (Wildman–Crippen LogP) is 3.25. The molecule has 1 rings (SSSR count). The van der Waals surface area contributed by atoms with E-state index < -0.39 is 0 Å². The van der Waals surface area contributed by atoms with Gasteiger partial charge in [0.2, 0.25) is 5.28 Å². The van der Waals surface area contributed by atoms with E-state index in [0.29, 0.717) is 5.28 Å². The zero-order valence-corrected chi connectivity index (χ0v) is 8.72. The number of halogens is 1. The lowest BCUT2D eigenvalue weighted by atomic mass is 10.1. The molecule has 72 valence electrons. The van der Waals surface area contributed by atoms with E-state index in [1.807, 2.05) is 0 Å². The Labute approximate surface area is 84.4 Å². The second-order valence-electron chi connectivity index (χ2n) is 3.17.